The minimum absolute atomic E-state index is 0.0965. The van der Waals surface area contributed by atoms with Crippen LogP contribution in [0.2, 0.25) is 0 Å². The fraction of sp³-hybridized carbons (Fsp3) is 0.320. The number of amides is 2. The van der Waals surface area contributed by atoms with E-state index in [0.717, 1.165) is 33.8 Å². The third kappa shape index (κ3) is 3.32. The normalized spacial score (nSPS) is 14.4. The van der Waals surface area contributed by atoms with Crippen LogP contribution in [0.1, 0.15) is 58.5 Å². The summed E-state index contributed by atoms with van der Waals surface area (Å²) in [5.74, 6) is 0.341. The Morgan fingerprint density at radius 1 is 0.935 bits per heavy atom. The highest BCUT2D eigenvalue weighted by atomic mass is 16.5. The first-order valence-electron chi connectivity index (χ1n) is 10.5. The first-order valence-corrected chi connectivity index (χ1v) is 10.5. The highest BCUT2D eigenvalue weighted by Gasteiger charge is 2.42. The zero-order valence-electron chi connectivity index (χ0n) is 18.8. The second-order valence-electron chi connectivity index (χ2n) is 8.50. The molecule has 0 saturated carbocycles. The monoisotopic (exact) mass is 417 g/mol. The van der Waals surface area contributed by atoms with Crippen LogP contribution in [-0.4, -0.2) is 28.0 Å². The molecule has 0 spiro atoms. The summed E-state index contributed by atoms with van der Waals surface area (Å²) in [6.07, 6.45) is 0. The van der Waals surface area contributed by atoms with Crippen molar-refractivity contribution in [2.45, 2.75) is 47.6 Å². The maximum Gasteiger partial charge on any atom is 0.280 e. The predicted octanol–water partition coefficient (Wildman–Crippen LogP) is 5.33. The van der Waals surface area contributed by atoms with Crippen molar-refractivity contribution >= 4 is 17.5 Å². The van der Waals surface area contributed by atoms with Crippen LogP contribution in [0.3, 0.4) is 0 Å². The molecular weight excluding hydrogens is 390 g/mol. The molecule has 0 N–H and O–H groups in total. The molecule has 2 aromatic carbocycles. The number of carbonyl (C=O) groups excluding carboxylic acids is 2. The van der Waals surface area contributed by atoms with E-state index in [1.807, 2.05) is 50.9 Å². The van der Waals surface area contributed by atoms with Crippen LogP contribution in [0.25, 0.3) is 11.1 Å². The molecule has 4 rings (SSSR count). The van der Waals surface area contributed by atoms with E-state index in [0.29, 0.717) is 11.1 Å². The number of fused-ring (bicyclic) bond motifs is 1. The Labute approximate surface area is 182 Å². The summed E-state index contributed by atoms with van der Waals surface area (Å²) in [6.45, 7) is 12.0. The highest BCUT2D eigenvalue weighted by molar-refractivity contribution is 6.22. The molecule has 0 radical (unpaired) electrons. The number of imide groups is 1. The summed E-state index contributed by atoms with van der Waals surface area (Å²) in [4.78, 5) is 26.6. The van der Waals surface area contributed by atoms with E-state index in [2.05, 4.69) is 19.0 Å². The Morgan fingerprint density at radius 3 is 2.06 bits per heavy atom. The first kappa shape index (κ1) is 20.8. The van der Waals surface area contributed by atoms with E-state index in [1.54, 1.807) is 24.3 Å². The van der Waals surface area contributed by atoms with Crippen LogP contribution in [0.4, 0.5) is 5.69 Å². The van der Waals surface area contributed by atoms with E-state index in [1.165, 1.54) is 5.01 Å². The molecule has 2 amide bonds. The fourth-order valence-electron chi connectivity index (χ4n) is 4.07. The Bertz CT molecular complexity index is 1120. The lowest BCUT2D eigenvalue weighted by atomic mass is 9.99. The fourth-order valence-corrected chi connectivity index (χ4v) is 4.07. The lowest BCUT2D eigenvalue weighted by Gasteiger charge is -2.39. The summed E-state index contributed by atoms with van der Waals surface area (Å²) in [5, 5.41) is 7.23. The van der Waals surface area contributed by atoms with E-state index >= 15 is 0 Å². The molecule has 6 nitrogen and oxygen atoms in total. The molecule has 0 fully saturated rings. The maximum atomic E-state index is 13.3. The van der Waals surface area contributed by atoms with Gasteiger partial charge in [-0.05, 0) is 62.9 Å². The smallest absolute Gasteiger partial charge is 0.280 e. The number of carbonyl (C=O) groups is 2. The number of anilines is 1. The SMILES string of the molecule is Cc1ccc(-c2c(C)noc2C)cc1N(C(C)C(C)C)N1C(=O)c2ccccc2C1=O. The first-order chi connectivity index (χ1) is 14.7. The average molecular weight is 418 g/mol. The van der Waals surface area contributed by atoms with E-state index < -0.39 is 0 Å². The van der Waals surface area contributed by atoms with Crippen LogP contribution in [0, 0.1) is 26.7 Å². The van der Waals surface area contributed by atoms with Gasteiger partial charge in [-0.2, -0.15) is 5.01 Å². The number of rotatable bonds is 5. The van der Waals surface area contributed by atoms with Crippen LogP contribution < -0.4 is 5.01 Å². The summed E-state index contributed by atoms with van der Waals surface area (Å²) in [6, 6.07) is 12.9. The maximum absolute atomic E-state index is 13.3. The van der Waals surface area contributed by atoms with E-state index in [-0.39, 0.29) is 23.8 Å². The van der Waals surface area contributed by atoms with Gasteiger partial charge in [0.25, 0.3) is 11.8 Å². The van der Waals surface area contributed by atoms with Gasteiger partial charge in [0, 0.05) is 5.56 Å². The molecule has 0 saturated heterocycles. The van der Waals surface area contributed by atoms with Crippen LogP contribution in [-0.2, 0) is 0 Å². The minimum Gasteiger partial charge on any atom is -0.361 e. The molecule has 2 heterocycles. The van der Waals surface area contributed by atoms with Gasteiger partial charge in [-0.15, -0.1) is 0 Å². The second kappa shape index (κ2) is 7.69. The Hall–Kier alpha value is -3.41. The van der Waals surface area contributed by atoms with Crippen molar-refractivity contribution in [3.05, 3.63) is 70.6 Å². The Morgan fingerprint density at radius 2 is 1.55 bits per heavy atom. The summed E-state index contributed by atoms with van der Waals surface area (Å²) >= 11 is 0. The molecule has 6 heteroatoms. The van der Waals surface area contributed by atoms with Crippen LogP contribution in [0.5, 0.6) is 0 Å². The summed E-state index contributed by atoms with van der Waals surface area (Å²) in [5.41, 5.74) is 5.33. The standard InChI is InChI=1S/C25H27N3O3/c1-14(2)17(5)27(28-24(29)20-9-7-8-10-21(20)25(28)30)22-13-19(12-11-15(22)3)23-16(4)26-31-18(23)6/h7-14,17H,1-6H3. The lowest BCUT2D eigenvalue weighted by Crippen LogP contribution is -2.53. The van der Waals surface area contributed by atoms with Gasteiger partial charge in [0.2, 0.25) is 0 Å². The van der Waals surface area contributed by atoms with Gasteiger partial charge in [0.1, 0.15) is 5.76 Å². The van der Waals surface area contributed by atoms with E-state index in [4.69, 9.17) is 4.52 Å². The molecule has 31 heavy (non-hydrogen) atoms. The van der Waals surface area contributed by atoms with Crippen molar-refractivity contribution in [3.8, 4) is 11.1 Å². The molecule has 1 aliphatic rings. The van der Waals surface area contributed by atoms with Gasteiger partial charge in [-0.3, -0.25) is 14.6 Å². The molecule has 3 aromatic rings. The molecule has 1 atom stereocenters. The largest absolute Gasteiger partial charge is 0.361 e. The summed E-state index contributed by atoms with van der Waals surface area (Å²) < 4.78 is 5.36. The molecule has 160 valence electrons. The van der Waals surface area contributed by atoms with Gasteiger partial charge < -0.3 is 4.52 Å². The number of hydrogen-bond acceptors (Lipinski definition) is 5. The topological polar surface area (TPSA) is 66.7 Å². The highest BCUT2D eigenvalue weighted by Crippen LogP contribution is 2.36. The summed E-state index contributed by atoms with van der Waals surface area (Å²) in [7, 11) is 0. The molecular formula is C25H27N3O3. The zero-order chi connectivity index (χ0) is 22.4. The molecule has 1 unspecified atom stereocenters. The van der Waals surface area contributed by atoms with Gasteiger partial charge >= 0.3 is 0 Å². The van der Waals surface area contributed by atoms with Gasteiger partial charge in [-0.1, -0.05) is 43.3 Å². The van der Waals surface area contributed by atoms with Crippen LogP contribution in [0.15, 0.2) is 47.0 Å². The lowest BCUT2D eigenvalue weighted by molar-refractivity contribution is 0.0609. The predicted molar refractivity (Wildman–Crippen MR) is 120 cm³/mol. The molecule has 0 aliphatic carbocycles. The van der Waals surface area contributed by atoms with Crippen molar-refractivity contribution in [1.82, 2.24) is 10.2 Å². The van der Waals surface area contributed by atoms with Crippen molar-refractivity contribution in [3.63, 3.8) is 0 Å². The molecule has 0 bridgehead atoms. The number of hydrogen-bond donors (Lipinski definition) is 0. The number of benzene rings is 2. The number of nitrogens with zero attached hydrogens (tertiary/aromatic N) is 3. The molecule has 1 aromatic heterocycles. The second-order valence-corrected chi connectivity index (χ2v) is 8.50. The number of aromatic nitrogens is 1. The van der Waals surface area contributed by atoms with Gasteiger partial charge in [-0.25, -0.2) is 0 Å². The van der Waals surface area contributed by atoms with Gasteiger partial charge in [0.05, 0.1) is 28.6 Å². The number of aryl methyl sites for hydroxylation is 3. The third-order valence-corrected chi connectivity index (χ3v) is 6.12. The minimum atomic E-state index is -0.296. The van der Waals surface area contributed by atoms with Crippen molar-refractivity contribution in [2.24, 2.45) is 5.92 Å². The Kier molecular flexibility index (Phi) is 5.17. The van der Waals surface area contributed by atoms with Crippen molar-refractivity contribution in [1.29, 1.82) is 0 Å². The third-order valence-electron chi connectivity index (χ3n) is 6.12. The van der Waals surface area contributed by atoms with E-state index in [9.17, 15) is 9.59 Å². The Balaban J connectivity index is 1.88. The van der Waals surface area contributed by atoms with Gasteiger partial charge in [0.15, 0.2) is 0 Å². The van der Waals surface area contributed by atoms with Crippen LogP contribution >= 0.6 is 0 Å². The quantitative estimate of drug-likeness (QED) is 0.525. The zero-order valence-corrected chi connectivity index (χ0v) is 18.8. The number of hydrazine groups is 1. The van der Waals surface area contributed by atoms with Crippen molar-refractivity contribution < 1.29 is 14.1 Å². The average Bonchev–Trinajstić information content (AvgIpc) is 3.21. The molecule has 1 aliphatic heterocycles. The van der Waals surface area contributed by atoms with Crippen molar-refractivity contribution in [2.75, 3.05) is 5.01 Å².